The van der Waals surface area contributed by atoms with Gasteiger partial charge >= 0.3 is 0 Å². The maximum Gasteiger partial charge on any atom is 0.173 e. The molecule has 0 amide bonds. The minimum atomic E-state index is 0.422. The average Bonchev–Trinajstić information content (AvgIpc) is 3.24. The number of halogens is 1. The second kappa shape index (κ2) is 9.48. The highest BCUT2D eigenvalue weighted by atomic mass is 35.5. The van der Waals surface area contributed by atoms with Gasteiger partial charge in [0.1, 0.15) is 11.5 Å². The third-order valence-electron chi connectivity index (χ3n) is 5.37. The Morgan fingerprint density at radius 2 is 1.93 bits per heavy atom. The number of hydrogen-bond donors (Lipinski definition) is 1. The van der Waals surface area contributed by atoms with Crippen LogP contribution < -0.4 is 14.8 Å². The van der Waals surface area contributed by atoms with Gasteiger partial charge in [0.05, 0.1) is 14.2 Å². The maximum atomic E-state index is 6.28. The summed E-state index contributed by atoms with van der Waals surface area (Å²) >= 11 is 12.1. The number of ether oxygens (including phenoxy) is 2. The Labute approximate surface area is 177 Å². The largest absolute Gasteiger partial charge is 0.497 e. The van der Waals surface area contributed by atoms with Crippen LogP contribution in [0.2, 0.25) is 5.02 Å². The van der Waals surface area contributed by atoms with Gasteiger partial charge in [-0.25, -0.2) is 0 Å². The number of thiocarbonyl (C=S) groups is 1. The maximum absolute atomic E-state index is 6.28. The number of nitrogens with one attached hydrogen (secondary N) is 1. The Kier molecular flexibility index (Phi) is 7.03. The second-order valence-corrected chi connectivity index (χ2v) is 7.88. The molecule has 3 rings (SSSR count). The number of anilines is 1. The molecular weight excluding hydrogens is 392 g/mol. The van der Waals surface area contributed by atoms with Gasteiger partial charge in [-0.3, -0.25) is 0 Å². The lowest BCUT2D eigenvalue weighted by atomic mass is 10.1. The monoisotopic (exact) mass is 418 g/mol. The first-order chi connectivity index (χ1) is 13.5. The zero-order chi connectivity index (χ0) is 20.1. The lowest BCUT2D eigenvalue weighted by Gasteiger charge is -2.32. The summed E-state index contributed by atoms with van der Waals surface area (Å²) in [6, 6.07) is 12.2. The summed E-state index contributed by atoms with van der Waals surface area (Å²) in [5.74, 6) is 1.59. The summed E-state index contributed by atoms with van der Waals surface area (Å²) in [5.41, 5.74) is 3.03. The molecule has 2 aromatic carbocycles. The standard InChI is InChI=1S/C22H27ClN2O2S/c1-15-19(23)9-6-10-20(15)24-22(28)25(17-7-4-5-8-17)14-16-11-12-18(26-2)13-21(16)27-3/h6,9-13,17H,4-5,7-8,14H2,1-3H3,(H,24,28). The molecule has 6 heteroatoms. The Hall–Kier alpha value is -1.98. The molecule has 1 fully saturated rings. The van der Waals surface area contributed by atoms with Crippen molar-refractivity contribution < 1.29 is 9.47 Å². The van der Waals surface area contributed by atoms with E-state index in [0.29, 0.717) is 12.6 Å². The molecule has 0 heterocycles. The van der Waals surface area contributed by atoms with Gasteiger partial charge in [-0.1, -0.05) is 30.5 Å². The van der Waals surface area contributed by atoms with Crippen molar-refractivity contribution in [2.75, 3.05) is 19.5 Å². The number of hydrogen-bond acceptors (Lipinski definition) is 3. The Bertz CT molecular complexity index is 837. The van der Waals surface area contributed by atoms with Gasteiger partial charge < -0.3 is 19.7 Å². The molecule has 0 radical (unpaired) electrons. The van der Waals surface area contributed by atoms with Crippen LogP contribution in [0.1, 0.15) is 36.8 Å². The van der Waals surface area contributed by atoms with Crippen LogP contribution in [0.4, 0.5) is 5.69 Å². The van der Waals surface area contributed by atoms with Crippen LogP contribution in [0.5, 0.6) is 11.5 Å². The van der Waals surface area contributed by atoms with Crippen molar-refractivity contribution in [3.63, 3.8) is 0 Å². The van der Waals surface area contributed by atoms with Gasteiger partial charge in [-0.2, -0.15) is 0 Å². The van der Waals surface area contributed by atoms with Crippen molar-refractivity contribution in [2.24, 2.45) is 0 Å². The average molecular weight is 419 g/mol. The molecule has 1 aliphatic rings. The van der Waals surface area contributed by atoms with Gasteiger partial charge in [0.2, 0.25) is 0 Å². The number of benzene rings is 2. The van der Waals surface area contributed by atoms with Crippen LogP contribution in [-0.4, -0.2) is 30.3 Å². The van der Waals surface area contributed by atoms with Crippen molar-refractivity contribution in [3.05, 3.63) is 52.5 Å². The van der Waals surface area contributed by atoms with Gasteiger partial charge in [-0.05, 0) is 61.8 Å². The number of nitrogens with zero attached hydrogens (tertiary/aromatic N) is 1. The minimum Gasteiger partial charge on any atom is -0.497 e. The molecule has 0 aliphatic heterocycles. The minimum absolute atomic E-state index is 0.422. The van der Waals surface area contributed by atoms with E-state index in [1.165, 1.54) is 12.8 Å². The molecule has 4 nitrogen and oxygen atoms in total. The van der Waals surface area contributed by atoms with Crippen LogP contribution in [0.25, 0.3) is 0 Å². The fraction of sp³-hybridized carbons (Fsp3) is 0.409. The van der Waals surface area contributed by atoms with Crippen LogP contribution in [-0.2, 0) is 6.54 Å². The van der Waals surface area contributed by atoms with Gasteiger partial charge in [-0.15, -0.1) is 0 Å². The lowest BCUT2D eigenvalue weighted by Crippen LogP contribution is -2.41. The predicted molar refractivity (Wildman–Crippen MR) is 120 cm³/mol. The van der Waals surface area contributed by atoms with Crippen molar-refractivity contribution >= 4 is 34.6 Å². The lowest BCUT2D eigenvalue weighted by molar-refractivity contribution is 0.304. The molecule has 28 heavy (non-hydrogen) atoms. The summed E-state index contributed by atoms with van der Waals surface area (Å²) in [6.45, 7) is 2.68. The molecule has 1 saturated carbocycles. The molecule has 150 valence electrons. The van der Waals surface area contributed by atoms with Crippen molar-refractivity contribution in [1.29, 1.82) is 0 Å². The van der Waals surface area contributed by atoms with Crippen LogP contribution in [0, 0.1) is 6.92 Å². The zero-order valence-corrected chi connectivity index (χ0v) is 18.2. The summed E-state index contributed by atoms with van der Waals surface area (Å²) in [6.07, 6.45) is 4.77. The van der Waals surface area contributed by atoms with E-state index >= 15 is 0 Å². The number of rotatable bonds is 6. The molecular formula is C22H27ClN2O2S. The molecule has 1 N–H and O–H groups in total. The van der Waals surface area contributed by atoms with Crippen molar-refractivity contribution in [3.8, 4) is 11.5 Å². The first-order valence-electron chi connectivity index (χ1n) is 9.57. The molecule has 0 saturated heterocycles. The smallest absolute Gasteiger partial charge is 0.173 e. The summed E-state index contributed by atoms with van der Waals surface area (Å²) in [7, 11) is 3.34. The summed E-state index contributed by atoms with van der Waals surface area (Å²) in [4.78, 5) is 2.28. The van der Waals surface area contributed by atoms with Gasteiger partial charge in [0.15, 0.2) is 5.11 Å². The Morgan fingerprint density at radius 3 is 2.61 bits per heavy atom. The quantitative estimate of drug-likeness (QED) is 0.599. The van der Waals surface area contributed by atoms with E-state index in [1.807, 2.05) is 43.3 Å². The highest BCUT2D eigenvalue weighted by molar-refractivity contribution is 7.80. The van der Waals surface area contributed by atoms with E-state index in [2.05, 4.69) is 10.2 Å². The topological polar surface area (TPSA) is 33.7 Å². The van der Waals surface area contributed by atoms with E-state index in [1.54, 1.807) is 14.2 Å². The first kappa shape index (κ1) is 20.7. The van der Waals surface area contributed by atoms with Crippen LogP contribution in [0.15, 0.2) is 36.4 Å². The van der Waals surface area contributed by atoms with Crippen molar-refractivity contribution in [1.82, 2.24) is 4.90 Å². The fourth-order valence-corrected chi connectivity index (χ4v) is 4.18. The van der Waals surface area contributed by atoms with Crippen molar-refractivity contribution in [2.45, 2.75) is 45.2 Å². The molecule has 2 aromatic rings. The Balaban J connectivity index is 1.85. The predicted octanol–water partition coefficient (Wildman–Crippen LogP) is 5.81. The van der Waals surface area contributed by atoms with Crippen LogP contribution >= 0.6 is 23.8 Å². The van der Waals surface area contributed by atoms with Gasteiger partial charge in [0, 0.05) is 34.9 Å². The zero-order valence-electron chi connectivity index (χ0n) is 16.6. The van der Waals surface area contributed by atoms with Gasteiger partial charge in [0.25, 0.3) is 0 Å². The van der Waals surface area contributed by atoms with E-state index in [0.717, 1.165) is 51.3 Å². The van der Waals surface area contributed by atoms with Crippen LogP contribution in [0.3, 0.4) is 0 Å². The first-order valence-corrected chi connectivity index (χ1v) is 10.4. The molecule has 1 aliphatic carbocycles. The third kappa shape index (κ3) is 4.70. The molecule has 0 unspecified atom stereocenters. The molecule has 0 aromatic heterocycles. The second-order valence-electron chi connectivity index (χ2n) is 7.09. The highest BCUT2D eigenvalue weighted by Crippen LogP contribution is 2.31. The fourth-order valence-electron chi connectivity index (χ4n) is 3.68. The number of methoxy groups -OCH3 is 2. The van der Waals surface area contributed by atoms with E-state index in [-0.39, 0.29) is 0 Å². The van der Waals surface area contributed by atoms with E-state index in [9.17, 15) is 0 Å². The molecule has 0 spiro atoms. The third-order valence-corrected chi connectivity index (χ3v) is 6.12. The normalized spacial score (nSPS) is 14.0. The summed E-state index contributed by atoms with van der Waals surface area (Å²) < 4.78 is 10.9. The molecule has 0 atom stereocenters. The van der Waals surface area contributed by atoms with E-state index < -0.39 is 0 Å². The summed E-state index contributed by atoms with van der Waals surface area (Å²) in [5, 5.41) is 4.87. The Morgan fingerprint density at radius 1 is 1.18 bits per heavy atom. The molecule has 0 bridgehead atoms. The highest BCUT2D eigenvalue weighted by Gasteiger charge is 2.26. The van der Waals surface area contributed by atoms with E-state index in [4.69, 9.17) is 33.3 Å². The SMILES string of the molecule is COc1ccc(CN(C(=S)Nc2cccc(Cl)c2C)C2CCCC2)c(OC)c1.